The summed E-state index contributed by atoms with van der Waals surface area (Å²) in [7, 11) is 0. The first-order chi connectivity index (χ1) is 10.1. The van der Waals surface area contributed by atoms with Crippen molar-refractivity contribution in [2.24, 2.45) is 0 Å². The Balaban J connectivity index is 1.90. The maximum absolute atomic E-state index is 12.2. The van der Waals surface area contributed by atoms with Crippen molar-refractivity contribution < 1.29 is 9.90 Å². The van der Waals surface area contributed by atoms with Crippen molar-refractivity contribution in [1.82, 2.24) is 10.2 Å². The van der Waals surface area contributed by atoms with E-state index >= 15 is 0 Å². The normalized spacial score (nSPS) is 20.1. The van der Waals surface area contributed by atoms with Crippen molar-refractivity contribution in [2.45, 2.75) is 43.7 Å². The maximum atomic E-state index is 12.2. The van der Waals surface area contributed by atoms with E-state index in [0.717, 1.165) is 30.7 Å². The highest BCUT2D eigenvalue weighted by Gasteiger charge is 2.23. The molecule has 1 saturated heterocycles. The third kappa shape index (κ3) is 4.64. The van der Waals surface area contributed by atoms with Crippen LogP contribution in [0.4, 0.5) is 4.79 Å². The van der Waals surface area contributed by atoms with E-state index in [1.54, 1.807) is 4.90 Å². The first kappa shape index (κ1) is 16.2. The number of aliphatic hydroxyl groups is 1. The van der Waals surface area contributed by atoms with E-state index in [1.807, 2.05) is 18.7 Å². The molecule has 1 aromatic rings. The minimum absolute atomic E-state index is 0.0303. The highest BCUT2D eigenvalue weighted by atomic mass is 32.2. The largest absolute Gasteiger partial charge is 0.391 e. The quantitative estimate of drug-likeness (QED) is 0.841. The van der Waals surface area contributed by atoms with Gasteiger partial charge in [0.1, 0.15) is 0 Å². The van der Waals surface area contributed by atoms with Crippen LogP contribution in [0.2, 0.25) is 0 Å². The molecule has 0 aliphatic carbocycles. The van der Waals surface area contributed by atoms with E-state index in [9.17, 15) is 9.90 Å². The summed E-state index contributed by atoms with van der Waals surface area (Å²) in [5, 5.41) is 12.6. The van der Waals surface area contributed by atoms with E-state index in [1.165, 1.54) is 4.90 Å². The molecular formula is C16H24N2O2S. The van der Waals surface area contributed by atoms with Crippen LogP contribution < -0.4 is 5.32 Å². The van der Waals surface area contributed by atoms with Gasteiger partial charge in [0.15, 0.2) is 0 Å². The lowest BCUT2D eigenvalue weighted by Gasteiger charge is -2.31. The van der Waals surface area contributed by atoms with E-state index in [0.29, 0.717) is 6.54 Å². The molecule has 1 aliphatic heterocycles. The summed E-state index contributed by atoms with van der Waals surface area (Å²) in [4.78, 5) is 15.1. The van der Waals surface area contributed by atoms with Crippen molar-refractivity contribution in [1.29, 1.82) is 0 Å². The fourth-order valence-corrected chi connectivity index (χ4v) is 3.18. The van der Waals surface area contributed by atoms with Crippen LogP contribution in [0.5, 0.6) is 0 Å². The second kappa shape index (κ2) is 7.71. The van der Waals surface area contributed by atoms with Gasteiger partial charge in [-0.05, 0) is 43.2 Å². The van der Waals surface area contributed by atoms with Gasteiger partial charge >= 0.3 is 6.03 Å². The Bertz CT molecular complexity index is 464. The summed E-state index contributed by atoms with van der Waals surface area (Å²) in [5.74, 6) is 1.06. The van der Waals surface area contributed by atoms with Crippen LogP contribution in [-0.2, 0) is 0 Å². The second-order valence-corrected chi connectivity index (χ2v) is 6.75. The predicted octanol–water partition coefficient (Wildman–Crippen LogP) is 3.03. The smallest absolute Gasteiger partial charge is 0.317 e. The minimum atomic E-state index is -0.384. The molecule has 0 spiro atoms. The number of β-amino-alcohol motifs (C(OH)–C–C–N with tert-alkyl or cyclic N) is 1. The number of piperidine rings is 1. The molecule has 1 aliphatic rings. The Labute approximate surface area is 130 Å². The van der Waals surface area contributed by atoms with E-state index in [2.05, 4.69) is 36.5 Å². The van der Waals surface area contributed by atoms with Crippen LogP contribution in [0.3, 0.4) is 0 Å². The highest BCUT2D eigenvalue weighted by molar-refractivity contribution is 7.99. The second-order valence-electron chi connectivity index (χ2n) is 5.42. The Morgan fingerprint density at radius 2 is 2.19 bits per heavy atom. The third-order valence-corrected chi connectivity index (χ3v) is 4.61. The first-order valence-electron chi connectivity index (χ1n) is 7.56. The topological polar surface area (TPSA) is 52.6 Å². The number of nitrogens with zero attached hydrogens (tertiary/aromatic N) is 1. The zero-order valence-corrected chi connectivity index (χ0v) is 13.5. The summed E-state index contributed by atoms with van der Waals surface area (Å²) in [6.07, 6.45) is 1.27. The lowest BCUT2D eigenvalue weighted by Crippen LogP contribution is -2.47. The molecular weight excluding hydrogens is 284 g/mol. The summed E-state index contributed by atoms with van der Waals surface area (Å²) < 4.78 is 0. The summed E-state index contributed by atoms with van der Waals surface area (Å²) in [6.45, 7) is 5.28. The Kier molecular flexibility index (Phi) is 5.94. The molecule has 2 N–H and O–H groups in total. The van der Waals surface area contributed by atoms with Gasteiger partial charge in [-0.25, -0.2) is 4.79 Å². The standard InChI is InChI=1S/C16H24N2O2S/c1-3-21-15-8-6-13(7-9-15)12(2)17-16(20)18-10-4-5-14(19)11-18/h6-9,12,14,19H,3-5,10-11H2,1-2H3,(H,17,20)/t12-,14-/m1/s1. The number of likely N-dealkylation sites (tertiary alicyclic amines) is 1. The van der Waals surface area contributed by atoms with Gasteiger partial charge in [0.05, 0.1) is 12.1 Å². The molecule has 0 unspecified atom stereocenters. The number of rotatable bonds is 4. The van der Waals surface area contributed by atoms with Crippen LogP contribution in [0, 0.1) is 0 Å². The van der Waals surface area contributed by atoms with Crippen molar-refractivity contribution in [3.63, 3.8) is 0 Å². The number of hydrogen-bond acceptors (Lipinski definition) is 3. The number of hydrogen-bond donors (Lipinski definition) is 2. The Morgan fingerprint density at radius 3 is 2.81 bits per heavy atom. The number of amides is 2. The zero-order valence-electron chi connectivity index (χ0n) is 12.7. The van der Waals surface area contributed by atoms with Crippen molar-refractivity contribution in [3.8, 4) is 0 Å². The minimum Gasteiger partial charge on any atom is -0.391 e. The van der Waals surface area contributed by atoms with E-state index < -0.39 is 0 Å². The molecule has 2 amide bonds. The fraction of sp³-hybridized carbons (Fsp3) is 0.562. The molecule has 1 fully saturated rings. The number of benzene rings is 1. The average molecular weight is 308 g/mol. The predicted molar refractivity (Wildman–Crippen MR) is 86.6 cm³/mol. The van der Waals surface area contributed by atoms with Gasteiger partial charge in [0, 0.05) is 18.0 Å². The van der Waals surface area contributed by atoms with Gasteiger partial charge < -0.3 is 15.3 Å². The zero-order chi connectivity index (χ0) is 15.2. The van der Waals surface area contributed by atoms with Crippen LogP contribution in [-0.4, -0.2) is 41.0 Å². The number of urea groups is 1. The van der Waals surface area contributed by atoms with Gasteiger partial charge in [0.2, 0.25) is 0 Å². The summed E-state index contributed by atoms with van der Waals surface area (Å²) in [5.41, 5.74) is 1.10. The van der Waals surface area contributed by atoms with E-state index in [-0.39, 0.29) is 18.2 Å². The van der Waals surface area contributed by atoms with Crippen molar-refractivity contribution >= 4 is 17.8 Å². The van der Waals surface area contributed by atoms with Gasteiger partial charge in [-0.1, -0.05) is 19.1 Å². The first-order valence-corrected chi connectivity index (χ1v) is 8.55. The van der Waals surface area contributed by atoms with Crippen LogP contribution >= 0.6 is 11.8 Å². The van der Waals surface area contributed by atoms with Crippen molar-refractivity contribution in [2.75, 3.05) is 18.8 Å². The molecule has 5 heteroatoms. The number of carbonyl (C=O) groups is 1. The Hall–Kier alpha value is -1.20. The summed E-state index contributed by atoms with van der Waals surface area (Å²) in [6, 6.07) is 8.20. The third-order valence-electron chi connectivity index (χ3n) is 3.71. The van der Waals surface area contributed by atoms with Crippen molar-refractivity contribution in [3.05, 3.63) is 29.8 Å². The van der Waals surface area contributed by atoms with Gasteiger partial charge in [-0.15, -0.1) is 11.8 Å². The molecule has 2 rings (SSSR count). The number of thioether (sulfide) groups is 1. The molecule has 4 nitrogen and oxygen atoms in total. The lowest BCUT2D eigenvalue weighted by molar-refractivity contribution is 0.0835. The average Bonchev–Trinajstić information content (AvgIpc) is 2.48. The SMILES string of the molecule is CCSc1ccc([C@@H](C)NC(=O)N2CCC[C@@H](O)C2)cc1. The Morgan fingerprint density at radius 1 is 1.48 bits per heavy atom. The molecule has 1 heterocycles. The molecule has 1 aromatic carbocycles. The highest BCUT2D eigenvalue weighted by Crippen LogP contribution is 2.21. The molecule has 0 radical (unpaired) electrons. The maximum Gasteiger partial charge on any atom is 0.317 e. The van der Waals surface area contributed by atoms with Crippen LogP contribution in [0.1, 0.15) is 38.3 Å². The number of aliphatic hydroxyl groups excluding tert-OH is 1. The number of carbonyl (C=O) groups excluding carboxylic acids is 1. The summed E-state index contributed by atoms with van der Waals surface area (Å²) >= 11 is 1.81. The van der Waals surface area contributed by atoms with Gasteiger partial charge in [0.25, 0.3) is 0 Å². The molecule has 0 aromatic heterocycles. The number of nitrogens with one attached hydrogen (secondary N) is 1. The monoisotopic (exact) mass is 308 g/mol. The molecule has 0 bridgehead atoms. The van der Waals surface area contributed by atoms with Gasteiger partial charge in [-0.2, -0.15) is 0 Å². The van der Waals surface area contributed by atoms with Crippen LogP contribution in [0.25, 0.3) is 0 Å². The molecule has 21 heavy (non-hydrogen) atoms. The lowest BCUT2D eigenvalue weighted by atomic mass is 10.1. The van der Waals surface area contributed by atoms with Crippen LogP contribution in [0.15, 0.2) is 29.2 Å². The fourth-order valence-electron chi connectivity index (χ4n) is 2.52. The molecule has 116 valence electrons. The molecule has 0 saturated carbocycles. The van der Waals surface area contributed by atoms with E-state index in [4.69, 9.17) is 0 Å². The van der Waals surface area contributed by atoms with Gasteiger partial charge in [-0.3, -0.25) is 0 Å². The molecule has 2 atom stereocenters.